The second kappa shape index (κ2) is 3.77. The van der Waals surface area contributed by atoms with Gasteiger partial charge in [0, 0.05) is 5.56 Å². The summed E-state index contributed by atoms with van der Waals surface area (Å²) in [5.41, 5.74) is 0.808. The minimum absolute atomic E-state index is 0.116. The SMILES string of the molecule is Oc1ccccc1C1COCCO1. The highest BCUT2D eigenvalue weighted by Crippen LogP contribution is 2.27. The van der Waals surface area contributed by atoms with Crippen LogP contribution in [0, 0.1) is 0 Å². The predicted molar refractivity (Wildman–Crippen MR) is 47.6 cm³/mol. The van der Waals surface area contributed by atoms with Crippen molar-refractivity contribution in [2.75, 3.05) is 19.8 Å². The molecular formula is C10H12O3. The molecule has 0 amide bonds. The Morgan fingerprint density at radius 2 is 2.08 bits per heavy atom. The minimum atomic E-state index is -0.116. The number of hydrogen-bond donors (Lipinski definition) is 1. The Morgan fingerprint density at radius 1 is 1.23 bits per heavy atom. The summed E-state index contributed by atoms with van der Waals surface area (Å²) in [5, 5.41) is 9.53. The first kappa shape index (κ1) is 8.53. The van der Waals surface area contributed by atoms with Crippen molar-refractivity contribution in [3.8, 4) is 5.75 Å². The summed E-state index contributed by atoms with van der Waals surface area (Å²) in [6, 6.07) is 7.19. The molecule has 0 saturated carbocycles. The lowest BCUT2D eigenvalue weighted by atomic mass is 10.1. The van der Waals surface area contributed by atoms with Crippen molar-refractivity contribution in [3.63, 3.8) is 0 Å². The molecule has 0 bridgehead atoms. The van der Waals surface area contributed by atoms with Crippen LogP contribution < -0.4 is 0 Å². The van der Waals surface area contributed by atoms with Gasteiger partial charge in [0.25, 0.3) is 0 Å². The van der Waals surface area contributed by atoms with Gasteiger partial charge in [0.1, 0.15) is 11.9 Å². The smallest absolute Gasteiger partial charge is 0.121 e. The van der Waals surface area contributed by atoms with Crippen LogP contribution in [-0.4, -0.2) is 24.9 Å². The van der Waals surface area contributed by atoms with Gasteiger partial charge in [0.05, 0.1) is 19.8 Å². The summed E-state index contributed by atoms with van der Waals surface area (Å²) < 4.78 is 10.7. The molecule has 2 rings (SSSR count). The number of rotatable bonds is 1. The maximum atomic E-state index is 9.53. The Kier molecular flexibility index (Phi) is 2.47. The van der Waals surface area contributed by atoms with Gasteiger partial charge in [-0.3, -0.25) is 0 Å². The predicted octanol–water partition coefficient (Wildman–Crippen LogP) is 1.48. The molecule has 1 N–H and O–H groups in total. The van der Waals surface area contributed by atoms with Gasteiger partial charge in [0.15, 0.2) is 0 Å². The van der Waals surface area contributed by atoms with E-state index in [2.05, 4.69) is 0 Å². The minimum Gasteiger partial charge on any atom is -0.508 e. The largest absolute Gasteiger partial charge is 0.508 e. The van der Waals surface area contributed by atoms with Crippen LogP contribution >= 0.6 is 0 Å². The van der Waals surface area contributed by atoms with Gasteiger partial charge in [-0.1, -0.05) is 18.2 Å². The standard InChI is InChI=1S/C10H12O3/c11-9-4-2-1-3-8(9)10-7-12-5-6-13-10/h1-4,10-11H,5-7H2. The zero-order valence-electron chi connectivity index (χ0n) is 7.27. The molecule has 0 aliphatic carbocycles. The number of phenols is 1. The number of aromatic hydroxyl groups is 1. The number of hydrogen-bond acceptors (Lipinski definition) is 3. The van der Waals surface area contributed by atoms with Gasteiger partial charge in [-0.2, -0.15) is 0 Å². The second-order valence-electron chi connectivity index (χ2n) is 2.99. The summed E-state index contributed by atoms with van der Waals surface area (Å²) in [6.07, 6.45) is -0.116. The first-order valence-electron chi connectivity index (χ1n) is 4.35. The molecule has 3 nitrogen and oxygen atoms in total. The van der Waals surface area contributed by atoms with E-state index in [0.717, 1.165) is 5.56 Å². The Balaban J connectivity index is 2.18. The van der Waals surface area contributed by atoms with Crippen LogP contribution in [0.2, 0.25) is 0 Å². The van der Waals surface area contributed by atoms with E-state index in [9.17, 15) is 5.11 Å². The Morgan fingerprint density at radius 3 is 2.77 bits per heavy atom. The van der Waals surface area contributed by atoms with Crippen LogP contribution in [0.25, 0.3) is 0 Å². The van der Waals surface area contributed by atoms with Gasteiger partial charge in [0.2, 0.25) is 0 Å². The van der Waals surface area contributed by atoms with Crippen LogP contribution in [0.4, 0.5) is 0 Å². The maximum absolute atomic E-state index is 9.53. The Bertz CT molecular complexity index is 279. The molecule has 1 heterocycles. The molecule has 1 aromatic rings. The molecule has 1 unspecified atom stereocenters. The molecule has 1 atom stereocenters. The van der Waals surface area contributed by atoms with E-state index in [0.29, 0.717) is 19.8 Å². The molecule has 70 valence electrons. The van der Waals surface area contributed by atoms with Crippen LogP contribution in [0.3, 0.4) is 0 Å². The van der Waals surface area contributed by atoms with Crippen LogP contribution in [0.1, 0.15) is 11.7 Å². The summed E-state index contributed by atoms with van der Waals surface area (Å²) in [6.45, 7) is 1.76. The number of benzene rings is 1. The van der Waals surface area contributed by atoms with Crippen molar-refractivity contribution < 1.29 is 14.6 Å². The van der Waals surface area contributed by atoms with Crippen molar-refractivity contribution in [2.45, 2.75) is 6.10 Å². The highest BCUT2D eigenvalue weighted by atomic mass is 16.6. The first-order valence-corrected chi connectivity index (χ1v) is 4.35. The van der Waals surface area contributed by atoms with E-state index >= 15 is 0 Å². The van der Waals surface area contributed by atoms with Gasteiger partial charge < -0.3 is 14.6 Å². The highest BCUT2D eigenvalue weighted by Gasteiger charge is 2.18. The van der Waals surface area contributed by atoms with E-state index in [1.807, 2.05) is 12.1 Å². The molecule has 13 heavy (non-hydrogen) atoms. The Labute approximate surface area is 76.9 Å². The third-order valence-corrected chi connectivity index (χ3v) is 2.10. The fourth-order valence-corrected chi connectivity index (χ4v) is 1.43. The second-order valence-corrected chi connectivity index (χ2v) is 2.99. The zero-order valence-corrected chi connectivity index (χ0v) is 7.27. The van der Waals surface area contributed by atoms with E-state index < -0.39 is 0 Å². The van der Waals surface area contributed by atoms with Gasteiger partial charge in [-0.15, -0.1) is 0 Å². The van der Waals surface area contributed by atoms with Crippen molar-refractivity contribution in [2.24, 2.45) is 0 Å². The zero-order chi connectivity index (χ0) is 9.10. The van der Waals surface area contributed by atoms with Crippen molar-refractivity contribution in [1.82, 2.24) is 0 Å². The van der Waals surface area contributed by atoms with Gasteiger partial charge in [-0.05, 0) is 6.07 Å². The number of ether oxygens (including phenoxy) is 2. The van der Waals surface area contributed by atoms with Crippen LogP contribution in [0.5, 0.6) is 5.75 Å². The lowest BCUT2D eigenvalue weighted by Gasteiger charge is -2.23. The summed E-state index contributed by atoms with van der Waals surface area (Å²) in [7, 11) is 0. The van der Waals surface area contributed by atoms with E-state index in [-0.39, 0.29) is 11.9 Å². The average Bonchev–Trinajstić information content (AvgIpc) is 2.20. The summed E-state index contributed by atoms with van der Waals surface area (Å²) in [4.78, 5) is 0. The van der Waals surface area contributed by atoms with E-state index in [4.69, 9.17) is 9.47 Å². The molecule has 0 aromatic heterocycles. The average molecular weight is 180 g/mol. The van der Waals surface area contributed by atoms with Gasteiger partial charge in [-0.25, -0.2) is 0 Å². The molecule has 0 spiro atoms. The first-order chi connectivity index (χ1) is 6.38. The van der Waals surface area contributed by atoms with Crippen LogP contribution in [0.15, 0.2) is 24.3 Å². The van der Waals surface area contributed by atoms with Crippen molar-refractivity contribution in [1.29, 1.82) is 0 Å². The molecule has 1 saturated heterocycles. The molecular weight excluding hydrogens is 168 g/mol. The summed E-state index contributed by atoms with van der Waals surface area (Å²) >= 11 is 0. The molecule has 1 fully saturated rings. The lowest BCUT2D eigenvalue weighted by molar-refractivity contribution is -0.0907. The summed E-state index contributed by atoms with van der Waals surface area (Å²) in [5.74, 6) is 0.276. The third kappa shape index (κ3) is 1.82. The molecule has 1 aliphatic heterocycles. The normalized spacial score (nSPS) is 22.9. The quantitative estimate of drug-likeness (QED) is 0.711. The van der Waals surface area contributed by atoms with Crippen molar-refractivity contribution in [3.05, 3.63) is 29.8 Å². The number of para-hydroxylation sites is 1. The lowest BCUT2D eigenvalue weighted by Crippen LogP contribution is -2.21. The Hall–Kier alpha value is -1.06. The molecule has 3 heteroatoms. The highest BCUT2D eigenvalue weighted by molar-refractivity contribution is 5.33. The fraction of sp³-hybridized carbons (Fsp3) is 0.400. The monoisotopic (exact) mass is 180 g/mol. The van der Waals surface area contributed by atoms with Crippen LogP contribution in [-0.2, 0) is 9.47 Å². The number of phenolic OH excluding ortho intramolecular Hbond substituents is 1. The molecule has 1 aromatic carbocycles. The van der Waals surface area contributed by atoms with Crippen molar-refractivity contribution >= 4 is 0 Å². The molecule has 1 aliphatic rings. The van der Waals surface area contributed by atoms with Gasteiger partial charge >= 0.3 is 0 Å². The fourth-order valence-electron chi connectivity index (χ4n) is 1.43. The maximum Gasteiger partial charge on any atom is 0.121 e. The van der Waals surface area contributed by atoms with E-state index in [1.54, 1.807) is 12.1 Å². The topological polar surface area (TPSA) is 38.7 Å². The third-order valence-electron chi connectivity index (χ3n) is 2.10. The molecule has 0 radical (unpaired) electrons. The van der Waals surface area contributed by atoms with E-state index in [1.165, 1.54) is 0 Å².